The third-order valence-corrected chi connectivity index (χ3v) is 2.53. The maximum Gasteiger partial charge on any atom is 0.435 e. The third kappa shape index (κ3) is 4.48. The van der Waals surface area contributed by atoms with Crippen LogP contribution in [-0.4, -0.2) is 30.3 Å². The van der Waals surface area contributed by atoms with Crippen LogP contribution in [-0.2, 0) is 6.18 Å². The molecule has 0 aliphatic carbocycles. The van der Waals surface area contributed by atoms with Gasteiger partial charge in [0.15, 0.2) is 11.5 Å². The minimum absolute atomic E-state index is 0.441. The highest BCUT2D eigenvalue weighted by Gasteiger charge is 2.32. The number of aromatic nitrogens is 2. The van der Waals surface area contributed by atoms with E-state index in [1.807, 2.05) is 0 Å². The van der Waals surface area contributed by atoms with Crippen molar-refractivity contribution in [2.45, 2.75) is 25.4 Å². The zero-order valence-corrected chi connectivity index (χ0v) is 10.2. The first-order chi connectivity index (χ1) is 8.45. The number of rotatable bonds is 6. The molecular weight excluding hydrogens is 245 g/mol. The SMILES string of the molecule is CN(CCCCCN)c1ccc(C(F)(F)F)nn1. The Balaban J connectivity index is 2.51. The molecule has 1 heterocycles. The highest BCUT2D eigenvalue weighted by molar-refractivity contribution is 5.36. The number of halogens is 3. The van der Waals surface area contributed by atoms with Gasteiger partial charge in [0, 0.05) is 13.6 Å². The first-order valence-corrected chi connectivity index (χ1v) is 5.77. The van der Waals surface area contributed by atoms with Crippen LogP contribution in [0.1, 0.15) is 25.0 Å². The van der Waals surface area contributed by atoms with Crippen molar-refractivity contribution in [3.63, 3.8) is 0 Å². The van der Waals surface area contributed by atoms with Crippen molar-refractivity contribution in [2.75, 3.05) is 25.0 Å². The van der Waals surface area contributed by atoms with Crippen LogP contribution in [0.25, 0.3) is 0 Å². The number of anilines is 1. The normalized spacial score (nSPS) is 11.6. The number of unbranched alkanes of at least 4 members (excludes halogenated alkanes) is 2. The minimum atomic E-state index is -4.44. The molecule has 0 bridgehead atoms. The molecule has 0 saturated heterocycles. The van der Waals surface area contributed by atoms with Crippen molar-refractivity contribution in [3.05, 3.63) is 17.8 Å². The summed E-state index contributed by atoms with van der Waals surface area (Å²) in [7, 11) is 1.78. The van der Waals surface area contributed by atoms with Gasteiger partial charge >= 0.3 is 6.18 Å². The van der Waals surface area contributed by atoms with E-state index in [2.05, 4.69) is 10.2 Å². The Morgan fingerprint density at radius 3 is 2.39 bits per heavy atom. The summed E-state index contributed by atoms with van der Waals surface area (Å²) in [6, 6.07) is 2.28. The van der Waals surface area contributed by atoms with Gasteiger partial charge in [-0.2, -0.15) is 13.2 Å². The second kappa shape index (κ2) is 6.53. The van der Waals surface area contributed by atoms with Crippen molar-refractivity contribution in [1.29, 1.82) is 0 Å². The van der Waals surface area contributed by atoms with Gasteiger partial charge in [0.2, 0.25) is 0 Å². The van der Waals surface area contributed by atoms with Gasteiger partial charge in [0.1, 0.15) is 0 Å². The quantitative estimate of drug-likeness (QED) is 0.797. The molecule has 0 amide bonds. The highest BCUT2D eigenvalue weighted by Crippen LogP contribution is 2.27. The highest BCUT2D eigenvalue weighted by atomic mass is 19.4. The molecule has 0 spiro atoms. The summed E-state index contributed by atoms with van der Waals surface area (Å²) >= 11 is 0. The maximum absolute atomic E-state index is 12.3. The van der Waals surface area contributed by atoms with Gasteiger partial charge < -0.3 is 10.6 Å². The summed E-state index contributed by atoms with van der Waals surface area (Å²) in [6.07, 6.45) is -1.57. The predicted molar refractivity (Wildman–Crippen MR) is 63.2 cm³/mol. The Bertz CT molecular complexity index is 350. The number of nitrogens with zero attached hydrogens (tertiary/aromatic N) is 3. The Hall–Kier alpha value is -1.37. The van der Waals surface area contributed by atoms with E-state index >= 15 is 0 Å². The zero-order chi connectivity index (χ0) is 13.6. The van der Waals surface area contributed by atoms with E-state index in [1.165, 1.54) is 6.07 Å². The molecule has 2 N–H and O–H groups in total. The molecule has 7 heteroatoms. The molecule has 0 radical (unpaired) electrons. The fraction of sp³-hybridized carbons (Fsp3) is 0.636. The standard InChI is InChI=1S/C11H17F3N4/c1-18(8-4-2-3-7-15)10-6-5-9(16-17-10)11(12,13)14/h5-6H,2-4,7-8,15H2,1H3. The first kappa shape index (κ1) is 14.7. The molecule has 4 nitrogen and oxygen atoms in total. The average molecular weight is 262 g/mol. The average Bonchev–Trinajstić information content (AvgIpc) is 2.33. The van der Waals surface area contributed by atoms with Gasteiger partial charge in [-0.25, -0.2) is 0 Å². The summed E-state index contributed by atoms with van der Waals surface area (Å²) in [4.78, 5) is 1.78. The van der Waals surface area contributed by atoms with Crippen molar-refractivity contribution in [3.8, 4) is 0 Å². The van der Waals surface area contributed by atoms with Gasteiger partial charge in [-0.3, -0.25) is 0 Å². The van der Waals surface area contributed by atoms with Gasteiger partial charge in [-0.05, 0) is 31.5 Å². The third-order valence-electron chi connectivity index (χ3n) is 2.53. The van der Waals surface area contributed by atoms with Gasteiger partial charge in [-0.15, -0.1) is 10.2 Å². The molecule has 18 heavy (non-hydrogen) atoms. The Labute approximate surface area is 104 Å². The molecule has 1 rings (SSSR count). The van der Waals surface area contributed by atoms with E-state index in [9.17, 15) is 13.2 Å². The van der Waals surface area contributed by atoms with Gasteiger partial charge in [-0.1, -0.05) is 6.42 Å². The Morgan fingerprint density at radius 1 is 1.17 bits per heavy atom. The summed E-state index contributed by atoms with van der Waals surface area (Å²) in [5.41, 5.74) is 4.40. The lowest BCUT2D eigenvalue weighted by atomic mass is 10.2. The smallest absolute Gasteiger partial charge is 0.358 e. The second-order valence-electron chi connectivity index (χ2n) is 4.05. The minimum Gasteiger partial charge on any atom is -0.358 e. The summed E-state index contributed by atoms with van der Waals surface area (Å²) in [5, 5.41) is 6.75. The van der Waals surface area contributed by atoms with Crippen molar-refractivity contribution < 1.29 is 13.2 Å². The lowest BCUT2D eigenvalue weighted by molar-refractivity contribution is -0.141. The van der Waals surface area contributed by atoms with Crippen LogP contribution in [0.4, 0.5) is 19.0 Å². The van der Waals surface area contributed by atoms with Crippen LogP contribution in [0, 0.1) is 0 Å². The first-order valence-electron chi connectivity index (χ1n) is 5.77. The van der Waals surface area contributed by atoms with E-state index in [0.29, 0.717) is 12.4 Å². The van der Waals surface area contributed by atoms with Gasteiger partial charge in [0.05, 0.1) is 0 Å². The van der Waals surface area contributed by atoms with Crippen molar-refractivity contribution in [1.82, 2.24) is 10.2 Å². The molecule has 0 unspecified atom stereocenters. The number of hydrogen-bond donors (Lipinski definition) is 1. The molecule has 0 aliphatic rings. The molecule has 0 aromatic carbocycles. The molecule has 102 valence electrons. The van der Waals surface area contributed by atoms with Gasteiger partial charge in [0.25, 0.3) is 0 Å². The summed E-state index contributed by atoms with van der Waals surface area (Å²) in [6.45, 7) is 1.38. The molecule has 0 aliphatic heterocycles. The van der Waals surface area contributed by atoms with Crippen LogP contribution in [0.15, 0.2) is 12.1 Å². The molecule has 0 saturated carbocycles. The molecule has 1 aromatic heterocycles. The van der Waals surface area contributed by atoms with E-state index in [0.717, 1.165) is 31.9 Å². The number of hydrogen-bond acceptors (Lipinski definition) is 4. The van der Waals surface area contributed by atoms with Crippen LogP contribution < -0.4 is 10.6 Å². The predicted octanol–water partition coefficient (Wildman–Crippen LogP) is 2.06. The summed E-state index contributed by atoms with van der Waals surface area (Å²) < 4.78 is 36.8. The number of nitrogens with two attached hydrogens (primary N) is 1. The van der Waals surface area contributed by atoms with Crippen LogP contribution in [0.2, 0.25) is 0 Å². The van der Waals surface area contributed by atoms with Crippen LogP contribution in [0.5, 0.6) is 0 Å². The topological polar surface area (TPSA) is 55.0 Å². The fourth-order valence-electron chi connectivity index (χ4n) is 1.46. The molecule has 1 aromatic rings. The van der Waals surface area contributed by atoms with E-state index in [4.69, 9.17) is 5.73 Å². The molecule has 0 fully saturated rings. The maximum atomic E-state index is 12.3. The Kier molecular flexibility index (Phi) is 5.33. The van der Waals surface area contributed by atoms with Crippen molar-refractivity contribution >= 4 is 5.82 Å². The van der Waals surface area contributed by atoms with Crippen LogP contribution in [0.3, 0.4) is 0 Å². The van der Waals surface area contributed by atoms with E-state index in [-0.39, 0.29) is 0 Å². The largest absolute Gasteiger partial charge is 0.435 e. The summed E-state index contributed by atoms with van der Waals surface area (Å²) in [5.74, 6) is 0.441. The monoisotopic (exact) mass is 262 g/mol. The van der Waals surface area contributed by atoms with Crippen molar-refractivity contribution in [2.24, 2.45) is 5.73 Å². The fourth-order valence-corrected chi connectivity index (χ4v) is 1.46. The lowest BCUT2D eigenvalue weighted by Gasteiger charge is -2.17. The lowest BCUT2D eigenvalue weighted by Crippen LogP contribution is -2.21. The van der Waals surface area contributed by atoms with E-state index < -0.39 is 11.9 Å². The Morgan fingerprint density at radius 2 is 1.89 bits per heavy atom. The van der Waals surface area contributed by atoms with Crippen LogP contribution >= 0.6 is 0 Å². The zero-order valence-electron chi connectivity index (χ0n) is 10.2. The van der Waals surface area contributed by atoms with E-state index in [1.54, 1.807) is 11.9 Å². The molecule has 0 atom stereocenters. The second-order valence-corrected chi connectivity index (χ2v) is 4.05. The number of alkyl halides is 3. The molecular formula is C11H17F3N4.